The first kappa shape index (κ1) is 18.4. The van der Waals surface area contributed by atoms with E-state index in [1.807, 2.05) is 54.6 Å². The normalized spacial score (nSPS) is 18.2. The molecular weight excluding hydrogens is 346 g/mol. The number of hydrogen-bond acceptors (Lipinski definition) is 3. The molecule has 0 spiro atoms. The van der Waals surface area contributed by atoms with E-state index in [4.69, 9.17) is 0 Å². The molecule has 2 aromatic carbocycles. The molecule has 0 aromatic heterocycles. The number of carbonyl (C=O) groups is 1. The molecule has 0 radical (unpaired) electrons. The van der Waals surface area contributed by atoms with Crippen molar-refractivity contribution in [3.8, 4) is 0 Å². The number of anilines is 1. The highest BCUT2D eigenvalue weighted by Crippen LogP contribution is 2.26. The van der Waals surface area contributed by atoms with Gasteiger partial charge in [0.05, 0.1) is 18.2 Å². The van der Waals surface area contributed by atoms with Gasteiger partial charge in [0, 0.05) is 11.1 Å². The molecule has 26 heavy (non-hydrogen) atoms. The Hall–Kier alpha value is -2.40. The van der Waals surface area contributed by atoms with Crippen LogP contribution in [0.3, 0.4) is 0 Å². The molecule has 0 fully saturated rings. The smallest absolute Gasteiger partial charge is 0.231 e. The number of nitrogens with zero attached hydrogens (tertiary/aromatic N) is 1. The molecule has 1 aliphatic rings. The second-order valence-corrected chi connectivity index (χ2v) is 8.83. The molecule has 2 aromatic rings. The second-order valence-electron chi connectivity index (χ2n) is 6.90. The summed E-state index contributed by atoms with van der Waals surface area (Å²) in [6.45, 7) is 4.22. The lowest BCUT2D eigenvalue weighted by Crippen LogP contribution is -2.42. The second kappa shape index (κ2) is 7.46. The molecule has 1 heterocycles. The van der Waals surface area contributed by atoms with Crippen molar-refractivity contribution in [1.29, 1.82) is 0 Å². The molecule has 1 atom stereocenters. The van der Waals surface area contributed by atoms with E-state index >= 15 is 0 Å². The first-order chi connectivity index (χ1) is 12.4. The minimum Gasteiger partial charge on any atom is -0.304 e. The zero-order valence-corrected chi connectivity index (χ0v) is 15.8. The van der Waals surface area contributed by atoms with Crippen LogP contribution in [0.25, 0.3) is 0 Å². The Bertz CT molecular complexity index is 900. The number of hydrogen-bond donors (Lipinski definition) is 0. The Morgan fingerprint density at radius 2 is 1.73 bits per heavy atom. The summed E-state index contributed by atoms with van der Waals surface area (Å²) in [6.07, 6.45) is 1.84. The summed E-state index contributed by atoms with van der Waals surface area (Å²) in [6, 6.07) is 16.8. The van der Waals surface area contributed by atoms with Gasteiger partial charge in [0.15, 0.2) is 9.84 Å². The molecule has 0 saturated heterocycles. The topological polar surface area (TPSA) is 54.5 Å². The molecule has 4 nitrogen and oxygen atoms in total. The third-order valence-electron chi connectivity index (χ3n) is 4.55. The van der Waals surface area contributed by atoms with Crippen LogP contribution in [0, 0.1) is 0 Å². The number of sulfone groups is 1. The van der Waals surface area contributed by atoms with Crippen molar-refractivity contribution in [1.82, 2.24) is 0 Å². The number of amides is 1. The van der Waals surface area contributed by atoms with Crippen molar-refractivity contribution in [2.75, 3.05) is 10.7 Å². The first-order valence-electron chi connectivity index (χ1n) is 8.72. The lowest BCUT2D eigenvalue weighted by molar-refractivity contribution is -0.118. The fourth-order valence-electron chi connectivity index (χ4n) is 3.12. The highest BCUT2D eigenvalue weighted by atomic mass is 32.2. The Balaban J connectivity index is 1.91. The van der Waals surface area contributed by atoms with Crippen LogP contribution in [0.2, 0.25) is 0 Å². The molecule has 0 N–H and O–H groups in total. The van der Waals surface area contributed by atoms with Gasteiger partial charge >= 0.3 is 0 Å². The summed E-state index contributed by atoms with van der Waals surface area (Å²) in [5.41, 5.74) is 2.81. The quantitative estimate of drug-likeness (QED) is 0.808. The van der Waals surface area contributed by atoms with E-state index in [9.17, 15) is 13.2 Å². The molecule has 0 unspecified atom stereocenters. The van der Waals surface area contributed by atoms with Gasteiger partial charge in [-0.3, -0.25) is 4.79 Å². The molecule has 1 aliphatic heterocycles. The Morgan fingerprint density at radius 3 is 2.27 bits per heavy atom. The molecule has 0 bridgehead atoms. The fourth-order valence-corrected chi connectivity index (χ4v) is 4.38. The Morgan fingerprint density at radius 1 is 1.08 bits per heavy atom. The summed E-state index contributed by atoms with van der Waals surface area (Å²) in [4.78, 5) is 14.6. The van der Waals surface area contributed by atoms with Gasteiger partial charge in [0.1, 0.15) is 0 Å². The van der Waals surface area contributed by atoms with Gasteiger partial charge < -0.3 is 4.90 Å². The number of benzene rings is 2. The average molecular weight is 369 g/mol. The zero-order chi connectivity index (χ0) is 18.7. The van der Waals surface area contributed by atoms with Crippen LogP contribution in [-0.2, 0) is 21.1 Å². The van der Waals surface area contributed by atoms with Crippen molar-refractivity contribution < 1.29 is 13.2 Å². The summed E-state index contributed by atoms with van der Waals surface area (Å²) >= 11 is 0. The summed E-state index contributed by atoms with van der Waals surface area (Å²) < 4.78 is 23.8. The molecule has 0 saturated carbocycles. The van der Waals surface area contributed by atoms with E-state index in [2.05, 4.69) is 13.8 Å². The summed E-state index contributed by atoms with van der Waals surface area (Å²) in [7, 11) is -3.25. The molecule has 5 heteroatoms. The van der Waals surface area contributed by atoms with Crippen molar-refractivity contribution in [3.63, 3.8) is 0 Å². The van der Waals surface area contributed by atoms with Crippen LogP contribution < -0.4 is 4.90 Å². The predicted octanol–water partition coefficient (Wildman–Crippen LogP) is 3.70. The monoisotopic (exact) mass is 369 g/mol. The van der Waals surface area contributed by atoms with E-state index in [-0.39, 0.29) is 18.1 Å². The van der Waals surface area contributed by atoms with Gasteiger partial charge in [-0.1, -0.05) is 56.3 Å². The van der Waals surface area contributed by atoms with Crippen molar-refractivity contribution in [2.24, 2.45) is 0 Å². The van der Waals surface area contributed by atoms with E-state index in [1.54, 1.807) is 11.0 Å². The molecular formula is C21H23NO3S. The number of carbonyl (C=O) groups excluding carboxylic acids is 1. The number of rotatable bonds is 5. The standard InChI is InChI=1S/C21H23NO3S/c1-16(2)18-8-10-19(11-9-18)22(20-12-13-26(24,25)15-20)21(23)14-17-6-4-3-5-7-17/h3-13,16,20H,14-15H2,1-2H3/t20-/m0/s1. The minimum atomic E-state index is -3.25. The van der Waals surface area contributed by atoms with Gasteiger partial charge in [-0.15, -0.1) is 0 Å². The minimum absolute atomic E-state index is 0.0700. The lowest BCUT2D eigenvalue weighted by atomic mass is 10.0. The molecule has 136 valence electrons. The van der Waals surface area contributed by atoms with E-state index in [0.29, 0.717) is 5.92 Å². The predicted molar refractivity (Wildman–Crippen MR) is 105 cm³/mol. The highest BCUT2D eigenvalue weighted by Gasteiger charge is 2.31. The van der Waals surface area contributed by atoms with Gasteiger partial charge in [0.25, 0.3) is 0 Å². The van der Waals surface area contributed by atoms with E-state index in [1.165, 1.54) is 11.0 Å². The lowest BCUT2D eigenvalue weighted by Gasteiger charge is -2.28. The fraction of sp³-hybridized carbons (Fsp3) is 0.286. The van der Waals surface area contributed by atoms with E-state index < -0.39 is 15.9 Å². The maximum atomic E-state index is 13.0. The van der Waals surface area contributed by atoms with Gasteiger partial charge in [-0.25, -0.2) is 8.42 Å². The maximum absolute atomic E-state index is 13.0. The van der Waals surface area contributed by atoms with Crippen molar-refractivity contribution in [3.05, 3.63) is 77.2 Å². The van der Waals surface area contributed by atoms with Crippen molar-refractivity contribution in [2.45, 2.75) is 32.2 Å². The van der Waals surface area contributed by atoms with Crippen LogP contribution in [0.5, 0.6) is 0 Å². The first-order valence-corrected chi connectivity index (χ1v) is 10.4. The maximum Gasteiger partial charge on any atom is 0.231 e. The Labute approximate surface area is 155 Å². The van der Waals surface area contributed by atoms with Crippen LogP contribution in [-0.4, -0.2) is 26.1 Å². The SMILES string of the molecule is CC(C)c1ccc(N(C(=O)Cc2ccccc2)[C@H]2C=CS(=O)(=O)C2)cc1. The van der Waals surface area contributed by atoms with E-state index in [0.717, 1.165) is 11.3 Å². The van der Waals surface area contributed by atoms with Crippen molar-refractivity contribution >= 4 is 21.4 Å². The van der Waals surface area contributed by atoms with Crippen LogP contribution in [0.15, 0.2) is 66.1 Å². The third-order valence-corrected chi connectivity index (χ3v) is 5.93. The van der Waals surface area contributed by atoms with Gasteiger partial charge in [-0.2, -0.15) is 0 Å². The highest BCUT2D eigenvalue weighted by molar-refractivity contribution is 7.94. The van der Waals surface area contributed by atoms with Gasteiger partial charge in [0.2, 0.25) is 5.91 Å². The largest absolute Gasteiger partial charge is 0.304 e. The summed E-state index contributed by atoms with van der Waals surface area (Å²) in [5, 5.41) is 1.21. The summed E-state index contributed by atoms with van der Waals surface area (Å²) in [5.74, 6) is 0.212. The van der Waals surface area contributed by atoms with Crippen LogP contribution in [0.4, 0.5) is 5.69 Å². The van der Waals surface area contributed by atoms with Crippen LogP contribution in [0.1, 0.15) is 30.9 Å². The average Bonchev–Trinajstić information content (AvgIpc) is 2.96. The third kappa shape index (κ3) is 4.22. The van der Waals surface area contributed by atoms with Crippen LogP contribution >= 0.6 is 0 Å². The zero-order valence-electron chi connectivity index (χ0n) is 15.0. The van der Waals surface area contributed by atoms with Gasteiger partial charge in [-0.05, 0) is 35.3 Å². The molecule has 3 rings (SSSR count). The molecule has 0 aliphatic carbocycles. The molecule has 1 amide bonds. The Kier molecular flexibility index (Phi) is 5.28.